The van der Waals surface area contributed by atoms with E-state index in [1.807, 2.05) is 24.9 Å². The standard InChI is InChI=1S/C13H21N5O/c1-4-7-18-9-11(8-15-18)19-13-12(5-6-14)10(2)16-17(13)3/h8-9H,4-7,14H2,1-3H3. The van der Waals surface area contributed by atoms with Gasteiger partial charge in [0.25, 0.3) is 0 Å². The van der Waals surface area contributed by atoms with Gasteiger partial charge in [-0.25, -0.2) is 4.68 Å². The zero-order valence-electron chi connectivity index (χ0n) is 11.8. The molecule has 0 bridgehead atoms. The van der Waals surface area contributed by atoms with Crippen molar-refractivity contribution in [1.82, 2.24) is 19.6 Å². The molecule has 0 aromatic carbocycles. The number of nitrogens with two attached hydrogens (primary N) is 1. The molecule has 0 aliphatic rings. The zero-order chi connectivity index (χ0) is 13.8. The maximum atomic E-state index is 5.90. The van der Waals surface area contributed by atoms with Crippen LogP contribution in [0, 0.1) is 6.92 Å². The van der Waals surface area contributed by atoms with Crippen molar-refractivity contribution in [2.75, 3.05) is 6.54 Å². The molecule has 0 spiro atoms. The third kappa shape index (κ3) is 2.96. The number of aromatic nitrogens is 4. The molecule has 6 nitrogen and oxygen atoms in total. The second-order valence-corrected chi connectivity index (χ2v) is 4.57. The van der Waals surface area contributed by atoms with E-state index in [-0.39, 0.29) is 0 Å². The highest BCUT2D eigenvalue weighted by atomic mass is 16.5. The van der Waals surface area contributed by atoms with Crippen molar-refractivity contribution in [1.29, 1.82) is 0 Å². The average Bonchev–Trinajstić information content (AvgIpc) is 2.90. The number of hydrogen-bond acceptors (Lipinski definition) is 4. The molecule has 2 aromatic heterocycles. The highest BCUT2D eigenvalue weighted by molar-refractivity contribution is 5.34. The predicted octanol–water partition coefficient (Wildman–Crippen LogP) is 1.63. The SMILES string of the molecule is CCCn1cc(Oc2c(CCN)c(C)nn2C)cn1. The predicted molar refractivity (Wildman–Crippen MR) is 73.3 cm³/mol. The second kappa shape index (κ2) is 5.88. The summed E-state index contributed by atoms with van der Waals surface area (Å²) in [6.45, 7) is 5.56. The van der Waals surface area contributed by atoms with Crippen LogP contribution in [0.4, 0.5) is 0 Å². The molecule has 0 fully saturated rings. The molecule has 0 saturated heterocycles. The number of aryl methyl sites for hydroxylation is 3. The van der Waals surface area contributed by atoms with Gasteiger partial charge in [-0.1, -0.05) is 6.92 Å². The van der Waals surface area contributed by atoms with Crippen molar-refractivity contribution in [2.45, 2.75) is 33.2 Å². The number of ether oxygens (including phenoxy) is 1. The smallest absolute Gasteiger partial charge is 0.221 e. The Labute approximate surface area is 113 Å². The summed E-state index contributed by atoms with van der Waals surface area (Å²) in [5.41, 5.74) is 7.66. The molecule has 6 heteroatoms. The largest absolute Gasteiger partial charge is 0.436 e. The fraction of sp³-hybridized carbons (Fsp3) is 0.538. The van der Waals surface area contributed by atoms with E-state index in [0.29, 0.717) is 6.54 Å². The summed E-state index contributed by atoms with van der Waals surface area (Å²) in [4.78, 5) is 0. The Morgan fingerprint density at radius 3 is 2.89 bits per heavy atom. The van der Waals surface area contributed by atoms with Gasteiger partial charge in [-0.05, 0) is 26.3 Å². The normalized spacial score (nSPS) is 10.9. The summed E-state index contributed by atoms with van der Waals surface area (Å²) in [5.74, 6) is 1.48. The molecule has 2 heterocycles. The van der Waals surface area contributed by atoms with Crippen molar-refractivity contribution >= 4 is 0 Å². The molecule has 19 heavy (non-hydrogen) atoms. The van der Waals surface area contributed by atoms with Crippen LogP contribution in [-0.4, -0.2) is 26.1 Å². The van der Waals surface area contributed by atoms with Crippen molar-refractivity contribution in [3.05, 3.63) is 23.7 Å². The Bertz CT molecular complexity index is 543. The van der Waals surface area contributed by atoms with Crippen LogP contribution in [0.3, 0.4) is 0 Å². The minimum absolute atomic E-state index is 0.581. The van der Waals surface area contributed by atoms with Crippen LogP contribution in [-0.2, 0) is 20.0 Å². The van der Waals surface area contributed by atoms with Gasteiger partial charge in [-0.2, -0.15) is 10.2 Å². The van der Waals surface area contributed by atoms with Gasteiger partial charge in [-0.15, -0.1) is 0 Å². The molecule has 0 aliphatic heterocycles. The molecule has 0 aliphatic carbocycles. The first kappa shape index (κ1) is 13.6. The minimum Gasteiger partial charge on any atom is -0.436 e. The Balaban J connectivity index is 2.21. The number of hydrogen-bond donors (Lipinski definition) is 1. The van der Waals surface area contributed by atoms with E-state index in [1.165, 1.54) is 0 Å². The fourth-order valence-electron chi connectivity index (χ4n) is 2.10. The molecule has 0 radical (unpaired) electrons. The molecular formula is C13H21N5O. The molecule has 0 amide bonds. The quantitative estimate of drug-likeness (QED) is 0.860. The van der Waals surface area contributed by atoms with E-state index >= 15 is 0 Å². The summed E-state index contributed by atoms with van der Waals surface area (Å²) in [7, 11) is 1.87. The Morgan fingerprint density at radius 2 is 2.21 bits per heavy atom. The van der Waals surface area contributed by atoms with Gasteiger partial charge < -0.3 is 10.5 Å². The van der Waals surface area contributed by atoms with Crippen molar-refractivity contribution in [3.8, 4) is 11.6 Å². The van der Waals surface area contributed by atoms with Crippen molar-refractivity contribution in [2.24, 2.45) is 12.8 Å². The van der Waals surface area contributed by atoms with E-state index in [2.05, 4.69) is 17.1 Å². The van der Waals surface area contributed by atoms with Gasteiger partial charge in [0.1, 0.15) is 0 Å². The lowest BCUT2D eigenvalue weighted by molar-refractivity contribution is 0.425. The van der Waals surface area contributed by atoms with Gasteiger partial charge in [0.15, 0.2) is 5.75 Å². The van der Waals surface area contributed by atoms with Gasteiger partial charge in [0, 0.05) is 19.2 Å². The molecule has 0 unspecified atom stereocenters. The number of nitrogens with zero attached hydrogens (tertiary/aromatic N) is 4. The maximum absolute atomic E-state index is 5.90. The molecule has 0 atom stereocenters. The summed E-state index contributed by atoms with van der Waals surface area (Å²) in [6.07, 6.45) is 5.44. The molecular weight excluding hydrogens is 242 g/mol. The first-order valence-corrected chi connectivity index (χ1v) is 6.58. The second-order valence-electron chi connectivity index (χ2n) is 4.57. The minimum atomic E-state index is 0.581. The fourth-order valence-corrected chi connectivity index (χ4v) is 2.10. The Kier molecular flexibility index (Phi) is 4.21. The summed E-state index contributed by atoms with van der Waals surface area (Å²) in [6, 6.07) is 0. The van der Waals surface area contributed by atoms with E-state index < -0.39 is 0 Å². The Hall–Kier alpha value is -1.82. The highest BCUT2D eigenvalue weighted by Gasteiger charge is 2.15. The third-order valence-electron chi connectivity index (χ3n) is 2.96. The molecule has 2 N–H and O–H groups in total. The lowest BCUT2D eigenvalue weighted by Crippen LogP contribution is -2.04. The lowest BCUT2D eigenvalue weighted by Gasteiger charge is -2.06. The van der Waals surface area contributed by atoms with Crippen LogP contribution in [0.25, 0.3) is 0 Å². The monoisotopic (exact) mass is 263 g/mol. The third-order valence-corrected chi connectivity index (χ3v) is 2.96. The van der Waals surface area contributed by atoms with Crippen LogP contribution in [0.15, 0.2) is 12.4 Å². The average molecular weight is 263 g/mol. The first-order chi connectivity index (χ1) is 9.15. The van der Waals surface area contributed by atoms with E-state index in [0.717, 1.165) is 42.3 Å². The lowest BCUT2D eigenvalue weighted by atomic mass is 10.2. The van der Waals surface area contributed by atoms with Gasteiger partial charge >= 0.3 is 0 Å². The number of rotatable bonds is 6. The molecule has 2 rings (SSSR count). The highest BCUT2D eigenvalue weighted by Crippen LogP contribution is 2.27. The van der Waals surface area contributed by atoms with Crippen LogP contribution < -0.4 is 10.5 Å². The zero-order valence-corrected chi connectivity index (χ0v) is 11.8. The van der Waals surface area contributed by atoms with Crippen LogP contribution >= 0.6 is 0 Å². The summed E-state index contributed by atoms with van der Waals surface area (Å²) >= 11 is 0. The van der Waals surface area contributed by atoms with Crippen LogP contribution in [0.2, 0.25) is 0 Å². The molecule has 0 saturated carbocycles. The van der Waals surface area contributed by atoms with E-state index in [1.54, 1.807) is 10.9 Å². The maximum Gasteiger partial charge on any atom is 0.221 e. The molecule has 104 valence electrons. The summed E-state index contributed by atoms with van der Waals surface area (Å²) < 4.78 is 9.53. The van der Waals surface area contributed by atoms with Gasteiger partial charge in [0.05, 0.1) is 18.1 Å². The van der Waals surface area contributed by atoms with Crippen molar-refractivity contribution < 1.29 is 4.74 Å². The van der Waals surface area contributed by atoms with Gasteiger partial charge in [-0.3, -0.25) is 4.68 Å². The Morgan fingerprint density at radius 1 is 1.42 bits per heavy atom. The van der Waals surface area contributed by atoms with Crippen LogP contribution in [0.1, 0.15) is 24.6 Å². The molecule has 2 aromatic rings. The van der Waals surface area contributed by atoms with Crippen LogP contribution in [0.5, 0.6) is 11.6 Å². The van der Waals surface area contributed by atoms with Crippen molar-refractivity contribution in [3.63, 3.8) is 0 Å². The van der Waals surface area contributed by atoms with E-state index in [9.17, 15) is 0 Å². The first-order valence-electron chi connectivity index (χ1n) is 6.58. The van der Waals surface area contributed by atoms with Gasteiger partial charge in [0.2, 0.25) is 5.88 Å². The topological polar surface area (TPSA) is 70.9 Å². The van der Waals surface area contributed by atoms with E-state index in [4.69, 9.17) is 10.5 Å². The summed E-state index contributed by atoms with van der Waals surface area (Å²) in [5, 5.41) is 8.63.